The van der Waals surface area contributed by atoms with Gasteiger partial charge in [-0.2, -0.15) is 14.8 Å². The monoisotopic (exact) mass is 447 g/mol. The van der Waals surface area contributed by atoms with Crippen molar-refractivity contribution in [3.8, 4) is 6.07 Å². The summed E-state index contributed by atoms with van der Waals surface area (Å²) in [4.78, 5) is 15.6. The van der Waals surface area contributed by atoms with Crippen LogP contribution in [0.1, 0.15) is 47.6 Å². The van der Waals surface area contributed by atoms with Crippen molar-refractivity contribution in [2.45, 2.75) is 44.3 Å². The quantitative estimate of drug-likeness (QED) is 0.453. The summed E-state index contributed by atoms with van der Waals surface area (Å²) in [6.07, 6.45) is 5.89. The summed E-state index contributed by atoms with van der Waals surface area (Å²) < 4.78 is 15.2. The smallest absolute Gasteiger partial charge is 0.254 e. The normalized spacial score (nSPS) is 20.2. The van der Waals surface area contributed by atoms with Crippen LogP contribution in [-0.2, 0) is 6.54 Å². The van der Waals surface area contributed by atoms with Crippen LogP contribution in [0.2, 0.25) is 0 Å². The van der Waals surface area contributed by atoms with Gasteiger partial charge in [0.05, 0.1) is 12.1 Å². The zero-order chi connectivity index (χ0) is 23.2. The molecule has 9 heteroatoms. The molecule has 2 aromatic heterocycles. The number of nitrogens with one attached hydrogen (secondary N) is 2. The number of halogens is 1. The third-order valence-corrected chi connectivity index (χ3v) is 6.06. The van der Waals surface area contributed by atoms with Crippen LogP contribution in [0.25, 0.3) is 0 Å². The fraction of sp³-hybridized carbons (Fsp3) is 0.333. The van der Waals surface area contributed by atoms with Gasteiger partial charge in [-0.25, -0.2) is 4.98 Å². The van der Waals surface area contributed by atoms with E-state index < -0.39 is 11.9 Å². The highest BCUT2D eigenvalue weighted by molar-refractivity contribution is 5.98. The van der Waals surface area contributed by atoms with Crippen LogP contribution >= 0.6 is 0 Å². The zero-order valence-electron chi connectivity index (χ0n) is 18.1. The van der Waals surface area contributed by atoms with Crippen molar-refractivity contribution in [2.24, 2.45) is 11.7 Å². The predicted octanol–water partition coefficient (Wildman–Crippen LogP) is 3.67. The largest absolute Gasteiger partial charge is 0.365 e. The Bertz CT molecular complexity index is 1140. The van der Waals surface area contributed by atoms with Crippen molar-refractivity contribution in [1.82, 2.24) is 20.1 Å². The third-order valence-electron chi connectivity index (χ3n) is 6.06. The second-order valence-corrected chi connectivity index (χ2v) is 8.29. The van der Waals surface area contributed by atoms with Crippen LogP contribution in [0.15, 0.2) is 54.9 Å². The summed E-state index contributed by atoms with van der Waals surface area (Å²) in [6.45, 7) is 0.777. The number of nitrogens with two attached hydrogens (primary N) is 1. The molecule has 4 N–H and O–H groups in total. The van der Waals surface area contributed by atoms with Crippen molar-refractivity contribution in [3.05, 3.63) is 71.9 Å². The summed E-state index contributed by atoms with van der Waals surface area (Å²) in [7, 11) is 0. The summed E-state index contributed by atoms with van der Waals surface area (Å²) in [6, 6.07) is 15.6. The van der Waals surface area contributed by atoms with E-state index >= 15 is 0 Å². The Kier molecular flexibility index (Phi) is 6.95. The molecule has 3 atom stereocenters. The lowest BCUT2D eigenvalue weighted by Crippen LogP contribution is -2.38. The van der Waals surface area contributed by atoms with E-state index in [4.69, 9.17) is 5.73 Å². The number of rotatable bonds is 8. The van der Waals surface area contributed by atoms with Gasteiger partial charge in [-0.3, -0.25) is 9.48 Å². The molecule has 0 bridgehead atoms. The highest BCUT2D eigenvalue weighted by Crippen LogP contribution is 2.37. The summed E-state index contributed by atoms with van der Waals surface area (Å²) in [5.74, 6) is -0.944. The number of hydrogen-bond donors (Lipinski definition) is 3. The summed E-state index contributed by atoms with van der Waals surface area (Å²) >= 11 is 0. The van der Waals surface area contributed by atoms with Gasteiger partial charge in [-0.15, -0.1) is 0 Å². The van der Waals surface area contributed by atoms with Crippen LogP contribution in [0.4, 0.5) is 15.9 Å². The molecular formula is C24H26FN7O. The molecule has 1 aliphatic carbocycles. The van der Waals surface area contributed by atoms with Crippen molar-refractivity contribution in [3.63, 3.8) is 0 Å². The SMILES string of the molecule is N#CC[C@H]1C[C@H](NCc2ccccc2)CC[C@@H]1n1cc(C(N)=O)c(Nc2ccnc(F)c2)n1. The summed E-state index contributed by atoms with van der Waals surface area (Å²) in [5.41, 5.74) is 7.42. The molecule has 4 rings (SSSR count). The number of amides is 1. The Hall–Kier alpha value is -3.77. The molecular weight excluding hydrogens is 421 g/mol. The van der Waals surface area contributed by atoms with Gasteiger partial charge in [0.1, 0.15) is 5.56 Å². The van der Waals surface area contributed by atoms with E-state index in [0.717, 1.165) is 25.8 Å². The second-order valence-electron chi connectivity index (χ2n) is 8.29. The maximum absolute atomic E-state index is 13.5. The number of hydrogen-bond acceptors (Lipinski definition) is 6. The number of nitrogens with zero attached hydrogens (tertiary/aromatic N) is 4. The molecule has 3 aromatic rings. The number of benzene rings is 1. The van der Waals surface area contributed by atoms with E-state index in [1.807, 2.05) is 18.2 Å². The van der Waals surface area contributed by atoms with Crippen molar-refractivity contribution in [1.29, 1.82) is 5.26 Å². The highest BCUT2D eigenvalue weighted by Gasteiger charge is 2.33. The molecule has 0 saturated heterocycles. The lowest BCUT2D eigenvalue weighted by Gasteiger charge is -2.35. The predicted molar refractivity (Wildman–Crippen MR) is 122 cm³/mol. The van der Waals surface area contributed by atoms with Gasteiger partial charge in [-0.1, -0.05) is 30.3 Å². The first-order valence-electron chi connectivity index (χ1n) is 10.9. The lowest BCUT2D eigenvalue weighted by molar-refractivity contribution is 0.100. The van der Waals surface area contributed by atoms with Crippen LogP contribution < -0.4 is 16.4 Å². The molecule has 0 spiro atoms. The molecule has 1 amide bonds. The Morgan fingerprint density at radius 2 is 2.09 bits per heavy atom. The molecule has 0 unspecified atom stereocenters. The number of nitriles is 1. The zero-order valence-corrected chi connectivity index (χ0v) is 18.1. The van der Waals surface area contributed by atoms with Crippen molar-refractivity contribution >= 4 is 17.4 Å². The van der Waals surface area contributed by atoms with Gasteiger partial charge in [-0.05, 0) is 36.8 Å². The molecule has 0 aliphatic heterocycles. The molecule has 2 heterocycles. The Morgan fingerprint density at radius 1 is 1.27 bits per heavy atom. The van der Waals surface area contributed by atoms with E-state index in [2.05, 4.69) is 38.9 Å². The number of anilines is 2. The van der Waals surface area contributed by atoms with E-state index in [1.54, 1.807) is 16.9 Å². The van der Waals surface area contributed by atoms with Gasteiger partial charge >= 0.3 is 0 Å². The first-order valence-corrected chi connectivity index (χ1v) is 10.9. The first kappa shape index (κ1) is 22.4. The van der Waals surface area contributed by atoms with Crippen LogP contribution in [-0.4, -0.2) is 26.7 Å². The number of primary amides is 1. The standard InChI is InChI=1S/C24H26FN7O/c25-22-13-19(9-11-28-22)30-24-20(23(27)33)15-32(31-24)21-7-6-18(12-17(21)8-10-26)29-14-16-4-2-1-3-5-16/h1-5,9,11,13,15,17-18,21,29H,6-8,12,14H2,(H2,27,33)(H,28,30,31)/t17-,18+,21-/m0/s1. The van der Waals surface area contributed by atoms with Crippen LogP contribution in [0, 0.1) is 23.2 Å². The average molecular weight is 448 g/mol. The highest BCUT2D eigenvalue weighted by atomic mass is 19.1. The molecule has 0 radical (unpaired) electrons. The minimum absolute atomic E-state index is 0.0396. The fourth-order valence-electron chi connectivity index (χ4n) is 4.43. The topological polar surface area (TPSA) is 122 Å². The Morgan fingerprint density at radius 3 is 2.82 bits per heavy atom. The van der Waals surface area contributed by atoms with Gasteiger partial charge in [0, 0.05) is 43.2 Å². The fourth-order valence-corrected chi connectivity index (χ4v) is 4.43. The second kappa shape index (κ2) is 10.2. The van der Waals surface area contributed by atoms with Crippen molar-refractivity contribution in [2.75, 3.05) is 5.32 Å². The van der Waals surface area contributed by atoms with E-state index in [0.29, 0.717) is 18.2 Å². The maximum atomic E-state index is 13.5. The number of pyridine rings is 1. The maximum Gasteiger partial charge on any atom is 0.254 e. The minimum atomic E-state index is -0.643. The minimum Gasteiger partial charge on any atom is -0.365 e. The Labute approximate surface area is 191 Å². The number of carbonyl (C=O) groups is 1. The van der Waals surface area contributed by atoms with Gasteiger partial charge in [0.15, 0.2) is 5.82 Å². The Balaban J connectivity index is 1.50. The molecule has 33 heavy (non-hydrogen) atoms. The van der Waals surface area contributed by atoms with Gasteiger partial charge < -0.3 is 16.4 Å². The molecule has 170 valence electrons. The summed E-state index contributed by atoms with van der Waals surface area (Å²) in [5, 5.41) is 20.5. The average Bonchev–Trinajstić information content (AvgIpc) is 3.22. The van der Waals surface area contributed by atoms with Crippen molar-refractivity contribution < 1.29 is 9.18 Å². The first-order chi connectivity index (χ1) is 16.0. The van der Waals surface area contributed by atoms with Gasteiger partial charge in [0.25, 0.3) is 5.91 Å². The van der Waals surface area contributed by atoms with E-state index in [-0.39, 0.29) is 23.3 Å². The van der Waals surface area contributed by atoms with E-state index in [9.17, 15) is 14.4 Å². The lowest BCUT2D eigenvalue weighted by atomic mass is 9.80. The molecule has 1 aliphatic rings. The van der Waals surface area contributed by atoms with Gasteiger partial charge in [0.2, 0.25) is 5.95 Å². The molecule has 8 nitrogen and oxygen atoms in total. The molecule has 1 saturated carbocycles. The number of carbonyl (C=O) groups excluding carboxylic acids is 1. The van der Waals surface area contributed by atoms with Crippen LogP contribution in [0.3, 0.4) is 0 Å². The third kappa shape index (κ3) is 5.54. The van der Waals surface area contributed by atoms with E-state index in [1.165, 1.54) is 17.8 Å². The van der Waals surface area contributed by atoms with Crippen LogP contribution in [0.5, 0.6) is 0 Å². The number of aromatic nitrogens is 3. The molecule has 1 fully saturated rings. The molecule has 1 aromatic carbocycles.